The highest BCUT2D eigenvalue weighted by atomic mass is 16.4. The van der Waals surface area contributed by atoms with Gasteiger partial charge in [-0.1, -0.05) is 30.3 Å². The molecule has 3 aromatic rings. The van der Waals surface area contributed by atoms with E-state index in [1.165, 1.54) is 0 Å². The molecule has 0 aliphatic heterocycles. The third-order valence-corrected chi connectivity index (χ3v) is 5.06. The monoisotopic (exact) mass is 393 g/mol. The number of H-pyrrole nitrogens is 1. The number of carbonyl (C=O) groups is 3. The van der Waals surface area contributed by atoms with Crippen LogP contribution in [0.4, 0.5) is 0 Å². The summed E-state index contributed by atoms with van der Waals surface area (Å²) in [5.41, 5.74) is 3.90. The van der Waals surface area contributed by atoms with E-state index in [0.717, 1.165) is 22.0 Å². The van der Waals surface area contributed by atoms with Crippen LogP contribution in [0.1, 0.15) is 56.8 Å². The maximum absolute atomic E-state index is 12.8. The number of rotatable bonds is 9. The summed E-state index contributed by atoms with van der Waals surface area (Å²) in [7, 11) is 0. The van der Waals surface area contributed by atoms with E-state index in [-0.39, 0.29) is 30.6 Å². The van der Waals surface area contributed by atoms with E-state index in [4.69, 9.17) is 5.11 Å². The first kappa shape index (κ1) is 20.3. The van der Waals surface area contributed by atoms with Gasteiger partial charge in [-0.2, -0.15) is 0 Å². The molecule has 6 nitrogen and oxygen atoms in total. The normalized spacial score (nSPS) is 10.9. The zero-order chi connectivity index (χ0) is 21.0. The molecule has 0 fully saturated rings. The van der Waals surface area contributed by atoms with Crippen LogP contribution < -0.4 is 0 Å². The highest BCUT2D eigenvalue weighted by molar-refractivity contribution is 6.04. The topological polar surface area (TPSA) is 107 Å². The average molecular weight is 393 g/mol. The predicted octanol–water partition coefficient (Wildman–Crippen LogP) is 4.40. The van der Waals surface area contributed by atoms with Crippen molar-refractivity contribution in [1.82, 2.24) is 4.98 Å². The van der Waals surface area contributed by atoms with Crippen molar-refractivity contribution in [2.75, 3.05) is 0 Å². The molecule has 150 valence electrons. The van der Waals surface area contributed by atoms with Crippen LogP contribution >= 0.6 is 0 Å². The van der Waals surface area contributed by atoms with Gasteiger partial charge in [0.15, 0.2) is 5.78 Å². The minimum atomic E-state index is -1.01. The molecule has 0 aliphatic rings. The average Bonchev–Trinajstić information content (AvgIpc) is 3.03. The molecule has 2 aromatic carbocycles. The molecule has 0 unspecified atom stereocenters. The maximum atomic E-state index is 12.8. The second-order valence-corrected chi connectivity index (χ2v) is 7.15. The van der Waals surface area contributed by atoms with Crippen LogP contribution in [-0.4, -0.2) is 32.9 Å². The Kier molecular flexibility index (Phi) is 6.12. The number of aromatic carboxylic acids is 1. The second-order valence-electron chi connectivity index (χ2n) is 7.15. The van der Waals surface area contributed by atoms with Crippen LogP contribution in [0, 0.1) is 6.92 Å². The Hall–Kier alpha value is -3.41. The molecule has 0 spiro atoms. The van der Waals surface area contributed by atoms with E-state index in [9.17, 15) is 19.5 Å². The maximum Gasteiger partial charge on any atom is 0.335 e. The van der Waals surface area contributed by atoms with Gasteiger partial charge in [-0.3, -0.25) is 9.59 Å². The molecule has 1 heterocycles. The largest absolute Gasteiger partial charge is 0.481 e. The fraction of sp³-hybridized carbons (Fsp3) is 0.261. The van der Waals surface area contributed by atoms with Gasteiger partial charge >= 0.3 is 11.9 Å². The number of carbonyl (C=O) groups excluding carboxylic acids is 1. The van der Waals surface area contributed by atoms with Gasteiger partial charge in [0.05, 0.1) is 11.3 Å². The lowest BCUT2D eigenvalue weighted by atomic mass is 9.97. The summed E-state index contributed by atoms with van der Waals surface area (Å²) >= 11 is 0. The van der Waals surface area contributed by atoms with E-state index >= 15 is 0 Å². The minimum absolute atomic E-state index is 0.0619. The van der Waals surface area contributed by atoms with Gasteiger partial charge in [-0.05, 0) is 55.0 Å². The number of carboxylic acids is 2. The second kappa shape index (κ2) is 8.73. The molecule has 0 aliphatic carbocycles. The number of aromatic amines is 1. The SMILES string of the molecule is Cc1cc2[nH]c(C(=O)CCCC(=O)O)c(CCc3ccccc3)c2cc1C(=O)O. The van der Waals surface area contributed by atoms with Crippen LogP contribution in [0.15, 0.2) is 42.5 Å². The van der Waals surface area contributed by atoms with Crippen molar-refractivity contribution in [3.8, 4) is 0 Å². The van der Waals surface area contributed by atoms with Crippen LogP contribution in [-0.2, 0) is 17.6 Å². The smallest absolute Gasteiger partial charge is 0.335 e. The number of aliphatic carboxylic acids is 1. The summed E-state index contributed by atoms with van der Waals surface area (Å²) in [6.07, 6.45) is 1.61. The van der Waals surface area contributed by atoms with Gasteiger partial charge in [0.1, 0.15) is 0 Å². The van der Waals surface area contributed by atoms with Crippen molar-refractivity contribution < 1.29 is 24.6 Å². The van der Waals surface area contributed by atoms with Crippen molar-refractivity contribution in [2.45, 2.75) is 39.0 Å². The van der Waals surface area contributed by atoms with E-state index in [1.807, 2.05) is 30.3 Å². The molecule has 0 radical (unpaired) electrons. The lowest BCUT2D eigenvalue weighted by Gasteiger charge is -2.06. The number of carboxylic acid groups (broad SMARTS) is 2. The van der Waals surface area contributed by atoms with Gasteiger partial charge in [0, 0.05) is 23.7 Å². The van der Waals surface area contributed by atoms with E-state index < -0.39 is 11.9 Å². The van der Waals surface area contributed by atoms with E-state index in [2.05, 4.69) is 4.98 Å². The van der Waals surface area contributed by atoms with Crippen molar-refractivity contribution in [2.24, 2.45) is 0 Å². The number of benzene rings is 2. The number of nitrogens with one attached hydrogen (secondary N) is 1. The molecule has 1 aromatic heterocycles. The lowest BCUT2D eigenvalue weighted by molar-refractivity contribution is -0.137. The number of Topliss-reactive ketones (excluding diaryl/α,β-unsaturated/α-hetero) is 1. The van der Waals surface area contributed by atoms with Gasteiger partial charge in [0.2, 0.25) is 0 Å². The minimum Gasteiger partial charge on any atom is -0.481 e. The summed E-state index contributed by atoms with van der Waals surface area (Å²) in [5, 5.41) is 19.0. The summed E-state index contributed by atoms with van der Waals surface area (Å²) < 4.78 is 0. The van der Waals surface area contributed by atoms with Crippen LogP contribution in [0.3, 0.4) is 0 Å². The Morgan fingerprint density at radius 1 is 0.966 bits per heavy atom. The third kappa shape index (κ3) is 4.71. The highest BCUT2D eigenvalue weighted by Crippen LogP contribution is 2.28. The lowest BCUT2D eigenvalue weighted by Crippen LogP contribution is -2.06. The standard InChI is InChI=1S/C23H23NO5/c1-14-12-19-18(13-17(14)23(28)29)16(11-10-15-6-3-2-4-7-15)22(24-19)20(25)8-5-9-21(26)27/h2-4,6-7,12-13,24H,5,8-11H2,1H3,(H,26,27)(H,28,29). The molecule has 29 heavy (non-hydrogen) atoms. The Morgan fingerprint density at radius 3 is 2.34 bits per heavy atom. The molecule has 0 saturated carbocycles. The summed E-state index contributed by atoms with van der Waals surface area (Å²) in [4.78, 5) is 38.3. The molecule has 0 amide bonds. The first-order valence-corrected chi connectivity index (χ1v) is 9.54. The van der Waals surface area contributed by atoms with E-state index in [0.29, 0.717) is 24.1 Å². The molecule has 0 saturated heterocycles. The predicted molar refractivity (Wildman–Crippen MR) is 110 cm³/mol. The van der Waals surface area contributed by atoms with Crippen LogP contribution in [0.25, 0.3) is 10.9 Å². The van der Waals surface area contributed by atoms with Crippen molar-refractivity contribution >= 4 is 28.6 Å². The van der Waals surface area contributed by atoms with E-state index in [1.54, 1.807) is 19.1 Å². The number of hydrogen-bond donors (Lipinski definition) is 3. The fourth-order valence-corrected chi connectivity index (χ4v) is 3.57. The molecule has 6 heteroatoms. The summed E-state index contributed by atoms with van der Waals surface area (Å²) in [6.45, 7) is 1.72. The first-order valence-electron chi connectivity index (χ1n) is 9.54. The Bertz CT molecular complexity index is 1070. The van der Waals surface area contributed by atoms with Crippen LogP contribution in [0.2, 0.25) is 0 Å². The zero-order valence-electron chi connectivity index (χ0n) is 16.2. The van der Waals surface area contributed by atoms with Crippen LogP contribution in [0.5, 0.6) is 0 Å². The van der Waals surface area contributed by atoms with Crippen molar-refractivity contribution in [3.63, 3.8) is 0 Å². The molecular weight excluding hydrogens is 370 g/mol. The van der Waals surface area contributed by atoms with Crippen molar-refractivity contribution in [3.05, 3.63) is 70.4 Å². The Balaban J connectivity index is 1.99. The van der Waals surface area contributed by atoms with Gasteiger partial charge < -0.3 is 15.2 Å². The third-order valence-electron chi connectivity index (χ3n) is 5.06. The number of hydrogen-bond acceptors (Lipinski definition) is 3. The summed E-state index contributed by atoms with van der Waals surface area (Å²) in [6, 6.07) is 13.2. The van der Waals surface area contributed by atoms with Gasteiger partial charge in [-0.25, -0.2) is 4.79 Å². The molecule has 0 atom stereocenters. The van der Waals surface area contributed by atoms with Gasteiger partial charge in [0.25, 0.3) is 0 Å². The highest BCUT2D eigenvalue weighted by Gasteiger charge is 2.20. The number of fused-ring (bicyclic) bond motifs is 1. The Morgan fingerprint density at radius 2 is 1.69 bits per heavy atom. The number of aryl methyl sites for hydroxylation is 3. The molecular formula is C23H23NO5. The zero-order valence-corrected chi connectivity index (χ0v) is 16.2. The number of aromatic nitrogens is 1. The Labute approximate surface area is 168 Å². The fourth-order valence-electron chi connectivity index (χ4n) is 3.57. The molecule has 0 bridgehead atoms. The quantitative estimate of drug-likeness (QED) is 0.467. The first-order chi connectivity index (χ1) is 13.9. The summed E-state index contributed by atoms with van der Waals surface area (Å²) in [5.74, 6) is -2.09. The number of ketones is 1. The van der Waals surface area contributed by atoms with Crippen molar-refractivity contribution in [1.29, 1.82) is 0 Å². The molecule has 3 N–H and O–H groups in total. The van der Waals surface area contributed by atoms with Gasteiger partial charge in [-0.15, -0.1) is 0 Å². The molecule has 3 rings (SSSR count).